The quantitative estimate of drug-likeness (QED) is 0.568. The molecule has 1 aliphatic heterocycles. The minimum atomic E-state index is -0.345. The summed E-state index contributed by atoms with van der Waals surface area (Å²) in [6.07, 6.45) is 1.07. The molecule has 0 aromatic carbocycles. The third-order valence-electron chi connectivity index (χ3n) is 1.62. The van der Waals surface area contributed by atoms with E-state index in [4.69, 9.17) is 9.84 Å². The molecular weight excluding hydrogens is 134 g/mol. The van der Waals surface area contributed by atoms with Crippen LogP contribution in [0, 0.1) is 4.91 Å². The highest BCUT2D eigenvalue weighted by atomic mass is 16.5. The van der Waals surface area contributed by atoms with Crippen LogP contribution in [-0.2, 0) is 4.74 Å². The third-order valence-corrected chi connectivity index (χ3v) is 1.62. The summed E-state index contributed by atoms with van der Waals surface area (Å²) in [4.78, 5) is 9.76. The molecule has 0 radical (unpaired) electrons. The van der Waals surface area contributed by atoms with E-state index in [2.05, 4.69) is 5.18 Å². The SMILES string of the molecule is O=NCC1CCC(O)CO1. The van der Waals surface area contributed by atoms with Gasteiger partial charge in [-0.05, 0) is 12.8 Å². The molecule has 4 heteroatoms. The molecule has 1 saturated heterocycles. The minimum absolute atomic E-state index is 0.0547. The predicted octanol–water partition coefficient (Wildman–Crippen LogP) is 0.293. The van der Waals surface area contributed by atoms with Gasteiger partial charge in [0.15, 0.2) is 0 Å². The van der Waals surface area contributed by atoms with Gasteiger partial charge in [-0.2, -0.15) is 4.91 Å². The van der Waals surface area contributed by atoms with Crippen LogP contribution in [-0.4, -0.2) is 30.5 Å². The van der Waals surface area contributed by atoms with Gasteiger partial charge in [0.05, 0.1) is 18.8 Å². The Morgan fingerprint density at radius 3 is 2.90 bits per heavy atom. The summed E-state index contributed by atoms with van der Waals surface area (Å²) in [5.41, 5.74) is 0. The molecule has 0 aromatic rings. The van der Waals surface area contributed by atoms with E-state index >= 15 is 0 Å². The van der Waals surface area contributed by atoms with Crippen LogP contribution < -0.4 is 0 Å². The molecule has 58 valence electrons. The second kappa shape index (κ2) is 3.63. The van der Waals surface area contributed by atoms with E-state index in [1.54, 1.807) is 0 Å². The number of aliphatic hydroxyl groups excluding tert-OH is 1. The lowest BCUT2D eigenvalue weighted by atomic mass is 10.1. The highest BCUT2D eigenvalue weighted by Gasteiger charge is 2.19. The first kappa shape index (κ1) is 7.63. The Morgan fingerprint density at radius 2 is 2.40 bits per heavy atom. The van der Waals surface area contributed by atoms with Gasteiger partial charge in [-0.15, -0.1) is 0 Å². The third kappa shape index (κ3) is 2.04. The lowest BCUT2D eigenvalue weighted by Gasteiger charge is -2.23. The van der Waals surface area contributed by atoms with Crippen molar-refractivity contribution < 1.29 is 9.84 Å². The summed E-state index contributed by atoms with van der Waals surface area (Å²) in [6.45, 7) is 0.562. The molecule has 1 rings (SSSR count). The van der Waals surface area contributed by atoms with Gasteiger partial charge in [-0.25, -0.2) is 0 Å². The van der Waals surface area contributed by atoms with Crippen molar-refractivity contribution in [3.63, 3.8) is 0 Å². The fourth-order valence-electron chi connectivity index (χ4n) is 1.02. The van der Waals surface area contributed by atoms with Crippen LogP contribution in [0.1, 0.15) is 12.8 Å². The van der Waals surface area contributed by atoms with E-state index in [-0.39, 0.29) is 18.8 Å². The van der Waals surface area contributed by atoms with Crippen LogP contribution in [0.5, 0.6) is 0 Å². The van der Waals surface area contributed by atoms with Gasteiger partial charge in [0, 0.05) is 0 Å². The van der Waals surface area contributed by atoms with Crippen molar-refractivity contribution in [2.24, 2.45) is 5.18 Å². The largest absolute Gasteiger partial charge is 0.391 e. The maximum absolute atomic E-state index is 9.76. The molecule has 0 aliphatic carbocycles. The Labute approximate surface area is 59.2 Å². The highest BCUT2D eigenvalue weighted by Crippen LogP contribution is 2.13. The van der Waals surface area contributed by atoms with Gasteiger partial charge in [-0.3, -0.25) is 0 Å². The number of ether oxygens (including phenoxy) is 1. The smallest absolute Gasteiger partial charge is 0.107 e. The normalized spacial score (nSPS) is 33.7. The van der Waals surface area contributed by atoms with Crippen LogP contribution in [0.15, 0.2) is 5.18 Å². The topological polar surface area (TPSA) is 58.9 Å². The van der Waals surface area contributed by atoms with Crippen molar-refractivity contribution in [1.82, 2.24) is 0 Å². The summed E-state index contributed by atoms with van der Waals surface area (Å²) >= 11 is 0. The molecule has 0 bridgehead atoms. The molecular formula is C6H11NO3. The van der Waals surface area contributed by atoms with Crippen LogP contribution in [0.25, 0.3) is 0 Å². The standard InChI is InChI=1S/C6H11NO3/c8-5-1-2-6(3-7-9)10-4-5/h5-6,8H,1-4H2. The van der Waals surface area contributed by atoms with Gasteiger partial charge in [-0.1, -0.05) is 5.18 Å². The monoisotopic (exact) mass is 145 g/mol. The average molecular weight is 145 g/mol. The first-order valence-corrected chi connectivity index (χ1v) is 3.41. The van der Waals surface area contributed by atoms with Gasteiger partial charge in [0.2, 0.25) is 0 Å². The fourth-order valence-corrected chi connectivity index (χ4v) is 1.02. The first-order valence-electron chi connectivity index (χ1n) is 3.41. The van der Waals surface area contributed by atoms with Crippen LogP contribution in [0.3, 0.4) is 0 Å². The van der Waals surface area contributed by atoms with Gasteiger partial charge in [0.25, 0.3) is 0 Å². The Bertz CT molecular complexity index is 110. The Kier molecular flexibility index (Phi) is 2.77. The summed E-state index contributed by atoms with van der Waals surface area (Å²) in [5.74, 6) is 0. The van der Waals surface area contributed by atoms with Crippen LogP contribution in [0.4, 0.5) is 0 Å². The number of aliphatic hydroxyl groups is 1. The zero-order valence-electron chi connectivity index (χ0n) is 5.69. The van der Waals surface area contributed by atoms with Crippen LogP contribution >= 0.6 is 0 Å². The molecule has 1 aliphatic rings. The van der Waals surface area contributed by atoms with E-state index in [1.165, 1.54) is 0 Å². The molecule has 2 unspecified atom stereocenters. The van der Waals surface area contributed by atoms with E-state index in [1.807, 2.05) is 0 Å². The van der Waals surface area contributed by atoms with Crippen LogP contribution in [0.2, 0.25) is 0 Å². The van der Waals surface area contributed by atoms with E-state index in [0.29, 0.717) is 6.61 Å². The summed E-state index contributed by atoms with van der Waals surface area (Å²) in [6, 6.07) is 0. The van der Waals surface area contributed by atoms with Gasteiger partial charge in [0.1, 0.15) is 6.54 Å². The molecule has 0 saturated carbocycles. The Hall–Kier alpha value is -0.480. The fraction of sp³-hybridized carbons (Fsp3) is 1.00. The van der Waals surface area contributed by atoms with E-state index in [0.717, 1.165) is 12.8 Å². The molecule has 10 heavy (non-hydrogen) atoms. The molecule has 0 amide bonds. The number of nitrogens with zero attached hydrogens (tertiary/aromatic N) is 1. The minimum Gasteiger partial charge on any atom is -0.391 e. The van der Waals surface area contributed by atoms with Crippen molar-refractivity contribution in [3.05, 3.63) is 4.91 Å². The number of hydrogen-bond acceptors (Lipinski definition) is 4. The Balaban J connectivity index is 2.19. The van der Waals surface area contributed by atoms with Crippen molar-refractivity contribution in [3.8, 4) is 0 Å². The highest BCUT2D eigenvalue weighted by molar-refractivity contribution is 4.70. The second-order valence-electron chi connectivity index (χ2n) is 2.50. The number of rotatable bonds is 2. The molecule has 0 aromatic heterocycles. The molecule has 1 fully saturated rings. The maximum atomic E-state index is 9.76. The molecule has 2 atom stereocenters. The summed E-state index contributed by atoms with van der Waals surface area (Å²) in [7, 11) is 0. The lowest BCUT2D eigenvalue weighted by molar-refractivity contribution is -0.0508. The summed E-state index contributed by atoms with van der Waals surface area (Å²) < 4.78 is 5.09. The van der Waals surface area contributed by atoms with E-state index in [9.17, 15) is 4.91 Å². The van der Waals surface area contributed by atoms with E-state index < -0.39 is 0 Å². The Morgan fingerprint density at radius 1 is 1.60 bits per heavy atom. The van der Waals surface area contributed by atoms with Crippen molar-refractivity contribution in [2.75, 3.05) is 13.2 Å². The molecule has 0 spiro atoms. The second-order valence-corrected chi connectivity index (χ2v) is 2.50. The molecule has 1 heterocycles. The first-order chi connectivity index (χ1) is 4.83. The van der Waals surface area contributed by atoms with Crippen molar-refractivity contribution in [2.45, 2.75) is 25.0 Å². The zero-order valence-corrected chi connectivity index (χ0v) is 5.69. The zero-order chi connectivity index (χ0) is 7.40. The van der Waals surface area contributed by atoms with Gasteiger partial charge < -0.3 is 9.84 Å². The van der Waals surface area contributed by atoms with Crippen molar-refractivity contribution in [1.29, 1.82) is 0 Å². The summed E-state index contributed by atoms with van der Waals surface area (Å²) in [5, 5.41) is 11.7. The molecule has 1 N–H and O–H groups in total. The van der Waals surface area contributed by atoms with Gasteiger partial charge >= 0.3 is 0 Å². The number of nitroso groups, excluding NO2 is 1. The van der Waals surface area contributed by atoms with Crippen molar-refractivity contribution >= 4 is 0 Å². The molecule has 4 nitrogen and oxygen atoms in total. The predicted molar refractivity (Wildman–Crippen MR) is 35.6 cm³/mol. The number of hydrogen-bond donors (Lipinski definition) is 1. The lowest BCUT2D eigenvalue weighted by Crippen LogP contribution is -2.30. The maximum Gasteiger partial charge on any atom is 0.107 e. The average Bonchev–Trinajstić information content (AvgIpc) is 1.95.